The molecule has 0 aromatic rings. The van der Waals surface area contributed by atoms with Gasteiger partial charge in [-0.1, -0.05) is 177 Å². The Morgan fingerprint density at radius 1 is 0.588 bits per heavy atom. The van der Waals surface area contributed by atoms with E-state index in [4.69, 9.17) is 24.3 Å². The van der Waals surface area contributed by atoms with Gasteiger partial charge in [0.25, 0.3) is 0 Å². The summed E-state index contributed by atoms with van der Waals surface area (Å²) in [5, 5.41) is 0. The van der Waals surface area contributed by atoms with Crippen LogP contribution >= 0.6 is 7.82 Å². The molecule has 0 aromatic carbocycles. The summed E-state index contributed by atoms with van der Waals surface area (Å²) in [4.78, 5) is 22.3. The Morgan fingerprint density at radius 2 is 1.02 bits per heavy atom. The number of phosphoric ester groups is 1. The van der Waals surface area contributed by atoms with Gasteiger partial charge in [-0.25, -0.2) is 4.57 Å². The number of rotatable bonds is 38. The number of unbranched alkanes of at least 4 members (excludes halogenated alkanes) is 16. The number of hydrogen-bond acceptors (Lipinski definition) is 7. The summed E-state index contributed by atoms with van der Waals surface area (Å²) in [6.07, 6.45) is 47.0. The van der Waals surface area contributed by atoms with E-state index in [9.17, 15) is 14.3 Å². The molecule has 8 nitrogen and oxygen atoms in total. The number of ether oxygens (including phenoxy) is 2. The van der Waals surface area contributed by atoms with Crippen molar-refractivity contribution in [2.45, 2.75) is 168 Å². The third-order valence-electron chi connectivity index (χ3n) is 8.23. The van der Waals surface area contributed by atoms with E-state index in [-0.39, 0.29) is 32.8 Å². The zero-order chi connectivity index (χ0) is 37.4. The maximum atomic E-state index is 12.5. The van der Waals surface area contributed by atoms with Gasteiger partial charge in [-0.15, -0.1) is 0 Å². The minimum Gasteiger partial charge on any atom is -0.457 e. The van der Waals surface area contributed by atoms with Crippen LogP contribution < -0.4 is 5.73 Å². The topological polar surface area (TPSA) is 117 Å². The number of allylic oxidation sites excluding steroid dienone is 9. The van der Waals surface area contributed by atoms with Crippen molar-refractivity contribution in [2.24, 2.45) is 5.73 Å². The van der Waals surface area contributed by atoms with Gasteiger partial charge < -0.3 is 20.1 Å². The maximum absolute atomic E-state index is 12.5. The van der Waals surface area contributed by atoms with Crippen molar-refractivity contribution in [1.29, 1.82) is 0 Å². The van der Waals surface area contributed by atoms with E-state index in [1.807, 2.05) is 6.08 Å². The van der Waals surface area contributed by atoms with Crippen molar-refractivity contribution in [3.8, 4) is 0 Å². The van der Waals surface area contributed by atoms with Crippen LogP contribution in [0.5, 0.6) is 0 Å². The maximum Gasteiger partial charge on any atom is 0.472 e. The first-order chi connectivity index (χ1) is 24.9. The molecule has 296 valence electrons. The van der Waals surface area contributed by atoms with Gasteiger partial charge in [-0.2, -0.15) is 0 Å². The lowest BCUT2D eigenvalue weighted by molar-refractivity contribution is -0.153. The lowest BCUT2D eigenvalue weighted by atomic mass is 10.0. The molecule has 3 N–H and O–H groups in total. The molecule has 0 rings (SSSR count). The fraction of sp³-hybridized carbons (Fsp3) is 0.738. The highest BCUT2D eigenvalue weighted by Gasteiger charge is 2.25. The van der Waals surface area contributed by atoms with Crippen molar-refractivity contribution in [1.82, 2.24) is 0 Å². The summed E-state index contributed by atoms with van der Waals surface area (Å²) in [5.74, 6) is -0.456. The van der Waals surface area contributed by atoms with Gasteiger partial charge in [0.15, 0.2) is 0 Å². The van der Waals surface area contributed by atoms with Gasteiger partial charge in [0.2, 0.25) is 0 Å². The summed E-state index contributed by atoms with van der Waals surface area (Å²) >= 11 is 0. The Labute approximate surface area is 313 Å². The number of carbonyl (C=O) groups excluding carboxylic acids is 1. The SMILES string of the molecule is CC/C=C\C/C=C\C/C=C\C/C=C\C/C=C\CC(=O)OC(COCCCCCCCCCCCCCCCCCCC)COP(=O)(O)OCCN. The van der Waals surface area contributed by atoms with E-state index < -0.39 is 19.9 Å². The minimum absolute atomic E-state index is 0.0765. The number of nitrogens with two attached hydrogens (primary N) is 1. The first kappa shape index (κ1) is 49.2. The van der Waals surface area contributed by atoms with Gasteiger partial charge >= 0.3 is 13.8 Å². The van der Waals surface area contributed by atoms with Gasteiger partial charge in [0.05, 0.1) is 26.2 Å². The Bertz CT molecular complexity index is 963. The molecule has 0 spiro atoms. The van der Waals surface area contributed by atoms with Gasteiger partial charge in [-0.05, 0) is 38.5 Å². The van der Waals surface area contributed by atoms with Crippen LogP contribution in [0.2, 0.25) is 0 Å². The van der Waals surface area contributed by atoms with E-state index >= 15 is 0 Å². The Balaban J connectivity index is 4.17. The van der Waals surface area contributed by atoms with E-state index in [1.54, 1.807) is 6.08 Å². The summed E-state index contributed by atoms with van der Waals surface area (Å²) in [7, 11) is -4.30. The van der Waals surface area contributed by atoms with Crippen molar-refractivity contribution in [2.75, 3.05) is 33.0 Å². The summed E-state index contributed by atoms with van der Waals surface area (Å²) < 4.78 is 33.2. The number of phosphoric acid groups is 1. The monoisotopic (exact) mass is 738 g/mol. The molecule has 0 aromatic heterocycles. The van der Waals surface area contributed by atoms with E-state index in [0.717, 1.165) is 38.5 Å². The van der Waals surface area contributed by atoms with Crippen LogP contribution in [-0.2, 0) is 27.9 Å². The van der Waals surface area contributed by atoms with E-state index in [2.05, 4.69) is 62.5 Å². The van der Waals surface area contributed by atoms with Gasteiger partial charge in [-0.3, -0.25) is 13.8 Å². The summed E-state index contributed by atoms with van der Waals surface area (Å²) in [6, 6.07) is 0. The van der Waals surface area contributed by atoms with Crippen LogP contribution in [0.1, 0.15) is 162 Å². The Morgan fingerprint density at radius 3 is 1.47 bits per heavy atom. The second-order valence-electron chi connectivity index (χ2n) is 13.1. The molecular weight excluding hydrogens is 661 g/mol. The molecule has 51 heavy (non-hydrogen) atoms. The molecular formula is C42H76NO7P. The predicted octanol–water partition coefficient (Wildman–Crippen LogP) is 11.8. The van der Waals surface area contributed by atoms with Crippen molar-refractivity contribution >= 4 is 13.8 Å². The van der Waals surface area contributed by atoms with Crippen molar-refractivity contribution in [3.63, 3.8) is 0 Å². The average Bonchev–Trinajstić information content (AvgIpc) is 3.12. The fourth-order valence-corrected chi connectivity index (χ4v) is 6.07. The first-order valence-electron chi connectivity index (χ1n) is 20.3. The zero-order valence-electron chi connectivity index (χ0n) is 32.6. The molecule has 0 amide bonds. The molecule has 2 atom stereocenters. The molecule has 0 aliphatic carbocycles. The molecule has 0 aliphatic rings. The molecule has 0 saturated carbocycles. The summed E-state index contributed by atoms with van der Waals surface area (Å²) in [5.41, 5.74) is 5.35. The largest absolute Gasteiger partial charge is 0.472 e. The molecule has 9 heteroatoms. The van der Waals surface area contributed by atoms with Gasteiger partial charge in [0, 0.05) is 13.2 Å². The summed E-state index contributed by atoms with van der Waals surface area (Å²) in [6.45, 7) is 4.67. The average molecular weight is 738 g/mol. The number of carbonyl (C=O) groups is 1. The minimum atomic E-state index is -4.30. The Hall–Kier alpha value is -1.80. The normalized spacial score (nSPS) is 14.2. The number of hydrogen-bond donors (Lipinski definition) is 2. The highest BCUT2D eigenvalue weighted by molar-refractivity contribution is 7.47. The zero-order valence-corrected chi connectivity index (χ0v) is 33.5. The molecule has 0 heterocycles. The van der Waals surface area contributed by atoms with Crippen LogP contribution in [0.3, 0.4) is 0 Å². The molecule has 2 unspecified atom stereocenters. The molecule has 0 fully saturated rings. The lowest BCUT2D eigenvalue weighted by Gasteiger charge is -2.19. The third kappa shape index (κ3) is 39.2. The highest BCUT2D eigenvalue weighted by Crippen LogP contribution is 2.43. The standard InChI is InChI=1S/C42H76NO7P/c1-3-5-7-9-11-13-15-17-19-20-22-24-26-28-30-32-34-37-47-39-41(40-49-51(45,46)48-38-36-43)50-42(44)35-33-31-29-27-25-23-21-18-16-14-12-10-8-6-4-2/h6,8,12,14,18,21,25,27,31,33,41H,3-5,7,9-11,13,15-17,19-20,22-24,26,28-30,32,34-40,43H2,1-2H3,(H,45,46)/b8-6-,14-12-,21-18-,27-25-,33-31-. The third-order valence-corrected chi connectivity index (χ3v) is 9.22. The van der Waals surface area contributed by atoms with Crippen molar-refractivity contribution < 1.29 is 32.8 Å². The smallest absolute Gasteiger partial charge is 0.457 e. The molecule has 0 bridgehead atoms. The van der Waals surface area contributed by atoms with Crippen LogP contribution in [0.25, 0.3) is 0 Å². The van der Waals surface area contributed by atoms with E-state index in [0.29, 0.717) is 13.0 Å². The second-order valence-corrected chi connectivity index (χ2v) is 14.6. The fourth-order valence-electron chi connectivity index (χ4n) is 5.31. The Kier molecular flexibility index (Phi) is 38.0. The first-order valence-corrected chi connectivity index (χ1v) is 21.8. The lowest BCUT2D eigenvalue weighted by Crippen LogP contribution is -2.28. The molecule has 0 saturated heterocycles. The second kappa shape index (κ2) is 39.4. The van der Waals surface area contributed by atoms with Crippen molar-refractivity contribution in [3.05, 3.63) is 60.8 Å². The quantitative estimate of drug-likeness (QED) is 0.0278. The van der Waals surface area contributed by atoms with Crippen LogP contribution in [0, 0.1) is 0 Å². The molecule has 0 aliphatic heterocycles. The van der Waals surface area contributed by atoms with Crippen LogP contribution in [-0.4, -0.2) is 49.9 Å². The van der Waals surface area contributed by atoms with Crippen LogP contribution in [0.4, 0.5) is 0 Å². The highest BCUT2D eigenvalue weighted by atomic mass is 31.2. The van der Waals surface area contributed by atoms with E-state index in [1.165, 1.54) is 96.3 Å². The number of esters is 1. The molecule has 0 radical (unpaired) electrons. The predicted molar refractivity (Wildman–Crippen MR) is 215 cm³/mol. The van der Waals surface area contributed by atoms with Crippen LogP contribution in [0.15, 0.2) is 60.8 Å². The van der Waals surface area contributed by atoms with Gasteiger partial charge in [0.1, 0.15) is 6.10 Å².